The Morgan fingerprint density at radius 3 is 2.32 bits per heavy atom. The molecule has 0 aromatic heterocycles. The Morgan fingerprint density at radius 2 is 1.68 bits per heavy atom. The van der Waals surface area contributed by atoms with Crippen molar-refractivity contribution in [1.29, 1.82) is 0 Å². The van der Waals surface area contributed by atoms with E-state index in [1.807, 2.05) is 54.6 Å². The number of rotatable bonds is 8. The van der Waals surface area contributed by atoms with E-state index < -0.39 is 0 Å². The fourth-order valence-electron chi connectivity index (χ4n) is 3.84. The molecule has 0 saturated carbocycles. The van der Waals surface area contributed by atoms with Crippen molar-refractivity contribution >= 4 is 17.4 Å². The normalized spacial score (nSPS) is 15.0. The lowest BCUT2D eigenvalue weighted by Gasteiger charge is -2.22. The zero-order chi connectivity index (χ0) is 24.1. The number of ether oxygens (including phenoxy) is 3. The molecular formula is C27H26N2O5. The number of amides is 1. The third-order valence-corrected chi connectivity index (χ3v) is 5.69. The van der Waals surface area contributed by atoms with Gasteiger partial charge in [0.1, 0.15) is 5.75 Å². The van der Waals surface area contributed by atoms with Gasteiger partial charge >= 0.3 is 0 Å². The Bertz CT molecular complexity index is 1210. The summed E-state index contributed by atoms with van der Waals surface area (Å²) in [5, 5.41) is 6.15. The van der Waals surface area contributed by atoms with Crippen molar-refractivity contribution in [3.8, 4) is 17.2 Å². The number of hydrogen-bond donors (Lipinski definition) is 0. The zero-order valence-electron chi connectivity index (χ0n) is 19.4. The molecular weight excluding hydrogens is 432 g/mol. The highest BCUT2D eigenvalue weighted by Crippen LogP contribution is 2.34. The number of Topliss-reactive ketones (excluding diaryl/α,β-unsaturated/α-hetero) is 1. The smallest absolute Gasteiger partial charge is 0.281 e. The van der Waals surface area contributed by atoms with Gasteiger partial charge in [-0.15, -0.1) is 0 Å². The number of benzene rings is 3. The van der Waals surface area contributed by atoms with Crippen LogP contribution in [0.25, 0.3) is 0 Å². The topological polar surface area (TPSA) is 77.4 Å². The number of ketones is 1. The molecule has 0 bridgehead atoms. The van der Waals surface area contributed by atoms with Crippen LogP contribution in [0.2, 0.25) is 0 Å². The van der Waals surface area contributed by atoms with Crippen molar-refractivity contribution < 1.29 is 23.8 Å². The predicted octanol–water partition coefficient (Wildman–Crippen LogP) is 4.66. The molecule has 1 aliphatic rings. The molecule has 7 heteroatoms. The van der Waals surface area contributed by atoms with Crippen LogP contribution in [0.4, 0.5) is 0 Å². The minimum Gasteiger partial charge on any atom is -0.497 e. The van der Waals surface area contributed by atoms with Crippen molar-refractivity contribution in [2.75, 3.05) is 20.8 Å². The quantitative estimate of drug-likeness (QED) is 0.459. The van der Waals surface area contributed by atoms with Crippen LogP contribution in [0, 0.1) is 0 Å². The van der Waals surface area contributed by atoms with Crippen LogP contribution < -0.4 is 14.2 Å². The van der Waals surface area contributed by atoms with E-state index in [1.165, 1.54) is 19.0 Å². The minimum atomic E-state index is -0.288. The van der Waals surface area contributed by atoms with Gasteiger partial charge in [0, 0.05) is 12.0 Å². The molecule has 1 aliphatic heterocycles. The second kappa shape index (κ2) is 10.2. The van der Waals surface area contributed by atoms with Crippen LogP contribution in [0.3, 0.4) is 0 Å². The van der Waals surface area contributed by atoms with Gasteiger partial charge < -0.3 is 14.2 Å². The van der Waals surface area contributed by atoms with Gasteiger partial charge in [-0.25, -0.2) is 5.01 Å². The lowest BCUT2D eigenvalue weighted by atomic mass is 9.98. The standard InChI is InChI=1S/C27H26N2O5/c1-18(30)21-11-14-25(26(15-21)33-3)34-17-27(31)29-24(20-9-12-22(32-2)13-10-20)16-23(28-29)19-7-5-4-6-8-19/h4-15,24H,16-17H2,1-3H3/t24-/m1/s1. The largest absolute Gasteiger partial charge is 0.497 e. The lowest BCUT2D eigenvalue weighted by Crippen LogP contribution is -2.31. The van der Waals surface area contributed by atoms with E-state index >= 15 is 0 Å². The molecule has 3 aromatic rings. The number of methoxy groups -OCH3 is 2. The molecule has 1 atom stereocenters. The lowest BCUT2D eigenvalue weighted by molar-refractivity contribution is -0.135. The van der Waals surface area contributed by atoms with Gasteiger partial charge in [-0.1, -0.05) is 42.5 Å². The van der Waals surface area contributed by atoms with E-state index in [1.54, 1.807) is 25.3 Å². The molecule has 0 aliphatic carbocycles. The third kappa shape index (κ3) is 4.93. The summed E-state index contributed by atoms with van der Waals surface area (Å²) in [6.45, 7) is 1.25. The summed E-state index contributed by atoms with van der Waals surface area (Å²) in [4.78, 5) is 24.9. The maximum absolute atomic E-state index is 13.3. The van der Waals surface area contributed by atoms with Gasteiger partial charge in [0.05, 0.1) is 26.0 Å². The number of nitrogens with zero attached hydrogens (tertiary/aromatic N) is 2. The Labute approximate surface area is 198 Å². The van der Waals surface area contributed by atoms with Crippen molar-refractivity contribution in [3.63, 3.8) is 0 Å². The zero-order valence-corrected chi connectivity index (χ0v) is 19.4. The molecule has 7 nitrogen and oxygen atoms in total. The maximum atomic E-state index is 13.3. The van der Waals surface area contributed by atoms with E-state index in [2.05, 4.69) is 5.10 Å². The first-order valence-corrected chi connectivity index (χ1v) is 10.9. The molecule has 34 heavy (non-hydrogen) atoms. The summed E-state index contributed by atoms with van der Waals surface area (Å²) in [7, 11) is 3.11. The molecule has 4 rings (SSSR count). The summed E-state index contributed by atoms with van der Waals surface area (Å²) >= 11 is 0. The Hall–Kier alpha value is -4.13. The summed E-state index contributed by atoms with van der Waals surface area (Å²) in [6.07, 6.45) is 0.582. The summed E-state index contributed by atoms with van der Waals surface area (Å²) < 4.78 is 16.4. The second-order valence-corrected chi connectivity index (χ2v) is 7.85. The van der Waals surface area contributed by atoms with Crippen LogP contribution in [-0.4, -0.2) is 43.2 Å². The first kappa shape index (κ1) is 23.0. The van der Waals surface area contributed by atoms with Gasteiger partial charge in [0.15, 0.2) is 23.9 Å². The third-order valence-electron chi connectivity index (χ3n) is 5.69. The van der Waals surface area contributed by atoms with E-state index in [4.69, 9.17) is 14.2 Å². The molecule has 0 N–H and O–H groups in total. The Balaban J connectivity index is 1.57. The van der Waals surface area contributed by atoms with Gasteiger partial charge in [0.25, 0.3) is 5.91 Å². The van der Waals surface area contributed by atoms with Crippen molar-refractivity contribution in [2.24, 2.45) is 5.10 Å². The van der Waals surface area contributed by atoms with Crippen LogP contribution in [0.1, 0.15) is 40.9 Å². The maximum Gasteiger partial charge on any atom is 0.281 e. The predicted molar refractivity (Wildman–Crippen MR) is 129 cm³/mol. The molecule has 174 valence electrons. The van der Waals surface area contributed by atoms with Crippen molar-refractivity contribution in [2.45, 2.75) is 19.4 Å². The number of hydrazone groups is 1. The minimum absolute atomic E-state index is 0.0805. The SMILES string of the molecule is COc1ccc([C@H]2CC(c3ccccc3)=NN2C(=O)COc2ccc(C(C)=O)cc2OC)cc1. The fraction of sp³-hybridized carbons (Fsp3) is 0.222. The highest BCUT2D eigenvalue weighted by molar-refractivity contribution is 6.03. The van der Waals surface area contributed by atoms with Gasteiger partial charge in [-0.2, -0.15) is 5.10 Å². The van der Waals surface area contributed by atoms with Crippen molar-refractivity contribution in [1.82, 2.24) is 5.01 Å². The molecule has 1 amide bonds. The van der Waals surface area contributed by atoms with Crippen LogP contribution >= 0.6 is 0 Å². The Morgan fingerprint density at radius 1 is 0.941 bits per heavy atom. The Kier molecular flexibility index (Phi) is 6.92. The van der Waals surface area contributed by atoms with E-state index in [9.17, 15) is 9.59 Å². The molecule has 3 aromatic carbocycles. The molecule has 0 spiro atoms. The molecule has 0 unspecified atom stereocenters. The summed E-state index contributed by atoms with van der Waals surface area (Å²) in [5.74, 6) is 1.15. The first-order valence-electron chi connectivity index (χ1n) is 10.9. The van der Waals surface area contributed by atoms with E-state index in [0.717, 1.165) is 22.6 Å². The van der Waals surface area contributed by atoms with Crippen molar-refractivity contribution in [3.05, 3.63) is 89.5 Å². The fourth-order valence-corrected chi connectivity index (χ4v) is 3.84. The van der Waals surface area contributed by atoms with E-state index in [0.29, 0.717) is 23.5 Å². The molecule has 0 radical (unpaired) electrons. The van der Waals surface area contributed by atoms with Crippen LogP contribution in [-0.2, 0) is 4.79 Å². The summed E-state index contributed by atoms with van der Waals surface area (Å²) in [6, 6.07) is 22.0. The summed E-state index contributed by atoms with van der Waals surface area (Å²) in [5.41, 5.74) is 3.26. The average Bonchev–Trinajstić information content (AvgIpc) is 3.33. The van der Waals surface area contributed by atoms with Crippen LogP contribution in [0.15, 0.2) is 77.9 Å². The molecule has 0 saturated heterocycles. The van der Waals surface area contributed by atoms with E-state index in [-0.39, 0.29) is 24.3 Å². The second-order valence-electron chi connectivity index (χ2n) is 7.85. The highest BCUT2D eigenvalue weighted by Gasteiger charge is 2.33. The highest BCUT2D eigenvalue weighted by atomic mass is 16.5. The average molecular weight is 459 g/mol. The number of carbonyl (C=O) groups is 2. The number of carbonyl (C=O) groups excluding carboxylic acids is 2. The van der Waals surface area contributed by atoms with Gasteiger partial charge in [0.2, 0.25) is 0 Å². The van der Waals surface area contributed by atoms with Gasteiger partial charge in [-0.05, 0) is 48.4 Å². The van der Waals surface area contributed by atoms with Crippen LogP contribution in [0.5, 0.6) is 17.2 Å². The van der Waals surface area contributed by atoms with Gasteiger partial charge in [-0.3, -0.25) is 9.59 Å². The molecule has 1 heterocycles. The molecule has 0 fully saturated rings. The monoisotopic (exact) mass is 458 g/mol. The number of hydrogen-bond acceptors (Lipinski definition) is 6. The first-order chi connectivity index (χ1) is 16.5.